The molecule has 0 saturated heterocycles. The molecule has 110 valence electrons. The van der Waals surface area contributed by atoms with E-state index in [9.17, 15) is 0 Å². The van der Waals surface area contributed by atoms with Crippen LogP contribution in [-0.2, 0) is 4.74 Å². The summed E-state index contributed by atoms with van der Waals surface area (Å²) in [5, 5.41) is 3.78. The summed E-state index contributed by atoms with van der Waals surface area (Å²) >= 11 is 4.22. The van der Waals surface area contributed by atoms with E-state index in [1.54, 1.807) is 7.11 Å². The van der Waals surface area contributed by atoms with Gasteiger partial charge in [0.15, 0.2) is 0 Å². The van der Waals surface area contributed by atoms with Crippen molar-refractivity contribution in [1.82, 2.24) is 5.32 Å². The van der Waals surface area contributed by atoms with Crippen LogP contribution in [0.4, 0.5) is 0 Å². The van der Waals surface area contributed by atoms with Gasteiger partial charge >= 0.3 is 0 Å². The van der Waals surface area contributed by atoms with Gasteiger partial charge in [0.05, 0.1) is 5.03 Å². The van der Waals surface area contributed by atoms with Crippen LogP contribution in [0.15, 0.2) is 28.2 Å². The Hall–Kier alpha value is -0.740. The number of hydrogen-bond acceptors (Lipinski definition) is 3. The zero-order valence-corrected chi connectivity index (χ0v) is 13.6. The van der Waals surface area contributed by atoms with Crippen molar-refractivity contribution in [2.45, 2.75) is 52.5 Å². The van der Waals surface area contributed by atoms with Gasteiger partial charge in [0.1, 0.15) is 5.84 Å². The van der Waals surface area contributed by atoms with Crippen LogP contribution in [0, 0.1) is 0 Å². The molecule has 0 fully saturated rings. The monoisotopic (exact) mass is 284 g/mol. The maximum Gasteiger partial charge on any atom is 0.128 e. The Bertz CT molecular complexity index is 324. The summed E-state index contributed by atoms with van der Waals surface area (Å²) in [6.07, 6.45) is 6.24. The maximum atomic E-state index is 5.10. The molecule has 0 spiro atoms. The number of thiol groups is 1. The van der Waals surface area contributed by atoms with Gasteiger partial charge in [-0.2, -0.15) is 0 Å². The summed E-state index contributed by atoms with van der Waals surface area (Å²) in [6, 6.07) is 0.303. The van der Waals surface area contributed by atoms with Gasteiger partial charge in [-0.25, -0.2) is 0 Å². The van der Waals surface area contributed by atoms with E-state index in [2.05, 4.69) is 44.4 Å². The largest absolute Gasteiger partial charge is 0.385 e. The molecule has 0 aliphatic carbocycles. The molecule has 3 nitrogen and oxygen atoms in total. The van der Waals surface area contributed by atoms with Crippen molar-refractivity contribution < 1.29 is 4.74 Å². The number of ether oxygens (including phenoxy) is 1. The minimum Gasteiger partial charge on any atom is -0.385 e. The number of nitrogens with one attached hydrogen (secondary N) is 1. The van der Waals surface area contributed by atoms with Crippen LogP contribution >= 0.6 is 12.6 Å². The average molecular weight is 284 g/mol. The first kappa shape index (κ1) is 18.3. The van der Waals surface area contributed by atoms with Crippen LogP contribution in [0.3, 0.4) is 0 Å². The van der Waals surface area contributed by atoms with Gasteiger partial charge in [-0.05, 0) is 38.7 Å². The fourth-order valence-electron chi connectivity index (χ4n) is 1.84. The summed E-state index contributed by atoms with van der Waals surface area (Å²) < 4.78 is 5.10. The van der Waals surface area contributed by atoms with Crippen molar-refractivity contribution in [3.63, 3.8) is 0 Å². The minimum atomic E-state index is 0.303. The number of rotatable bonds is 9. The Morgan fingerprint density at radius 2 is 2.21 bits per heavy atom. The van der Waals surface area contributed by atoms with E-state index in [0.29, 0.717) is 11.1 Å². The smallest absolute Gasteiger partial charge is 0.128 e. The molecule has 4 heteroatoms. The first-order valence-electron chi connectivity index (χ1n) is 6.92. The van der Waals surface area contributed by atoms with E-state index in [0.717, 1.165) is 38.1 Å². The minimum absolute atomic E-state index is 0.303. The molecular formula is C15H28N2OS. The van der Waals surface area contributed by atoms with Crippen LogP contribution < -0.4 is 5.32 Å². The number of hydrogen-bond donors (Lipinski definition) is 2. The second-order valence-corrected chi connectivity index (χ2v) is 5.14. The fraction of sp³-hybridized carbons (Fsp3) is 0.667. The normalized spacial score (nSPS) is 14.4. The van der Waals surface area contributed by atoms with E-state index in [-0.39, 0.29) is 0 Å². The van der Waals surface area contributed by atoms with E-state index in [1.165, 1.54) is 5.57 Å². The Balaban J connectivity index is 4.83. The highest BCUT2D eigenvalue weighted by Gasteiger charge is 2.09. The predicted octanol–water partition coefficient (Wildman–Crippen LogP) is 3.94. The molecule has 0 aliphatic heterocycles. The van der Waals surface area contributed by atoms with Crippen LogP contribution in [-0.4, -0.2) is 25.6 Å². The molecule has 1 N–H and O–H groups in total. The molecule has 19 heavy (non-hydrogen) atoms. The van der Waals surface area contributed by atoms with Gasteiger partial charge in [0, 0.05) is 19.8 Å². The van der Waals surface area contributed by atoms with Crippen LogP contribution in [0.5, 0.6) is 0 Å². The summed E-state index contributed by atoms with van der Waals surface area (Å²) in [7, 11) is 1.72. The number of amidine groups is 1. The third-order valence-corrected chi connectivity index (χ3v) is 2.88. The molecule has 0 saturated carbocycles. The van der Waals surface area contributed by atoms with Crippen molar-refractivity contribution in [3.8, 4) is 0 Å². The molecule has 0 amide bonds. The van der Waals surface area contributed by atoms with Crippen molar-refractivity contribution in [2.24, 2.45) is 4.99 Å². The molecule has 0 aromatic carbocycles. The molecule has 1 atom stereocenters. The summed E-state index contributed by atoms with van der Waals surface area (Å²) in [5.41, 5.74) is 1.19. The lowest BCUT2D eigenvalue weighted by molar-refractivity contribution is 0.195. The molecular weight excluding hydrogens is 256 g/mol. The molecule has 0 bridgehead atoms. The van der Waals surface area contributed by atoms with Crippen LogP contribution in [0.1, 0.15) is 46.5 Å². The highest BCUT2D eigenvalue weighted by Crippen LogP contribution is 2.11. The molecule has 0 rings (SSSR count). The van der Waals surface area contributed by atoms with Gasteiger partial charge in [-0.1, -0.05) is 26.0 Å². The average Bonchev–Trinajstić information content (AvgIpc) is 2.33. The van der Waals surface area contributed by atoms with Crippen LogP contribution in [0.25, 0.3) is 0 Å². The predicted molar refractivity (Wildman–Crippen MR) is 87.9 cm³/mol. The van der Waals surface area contributed by atoms with E-state index >= 15 is 0 Å². The summed E-state index contributed by atoms with van der Waals surface area (Å²) in [5.74, 6) is 0.888. The molecule has 0 heterocycles. The number of nitrogens with zero attached hydrogens (tertiary/aromatic N) is 1. The fourth-order valence-corrected chi connectivity index (χ4v) is 1.95. The highest BCUT2D eigenvalue weighted by molar-refractivity contribution is 7.84. The number of methoxy groups -OCH3 is 1. The third-order valence-electron chi connectivity index (χ3n) is 2.77. The lowest BCUT2D eigenvalue weighted by atomic mass is 10.1. The standard InChI is InChI=1S/C15H28N2OS/c1-6-9-12(3)16-15(17-13(4)19)14(7-2)10-8-11-18-5/h7,12,19H,4,6,8-11H2,1-3,5H3,(H,16,17)/b14-7-. The second kappa shape index (κ2) is 11.1. The lowest BCUT2D eigenvalue weighted by Gasteiger charge is -2.15. The molecule has 0 aliphatic rings. The molecule has 0 radical (unpaired) electrons. The quantitative estimate of drug-likeness (QED) is 0.291. The Labute approximate surface area is 123 Å². The first-order valence-corrected chi connectivity index (χ1v) is 7.37. The maximum absolute atomic E-state index is 5.10. The molecule has 0 aromatic rings. The third kappa shape index (κ3) is 8.89. The zero-order valence-electron chi connectivity index (χ0n) is 12.7. The Morgan fingerprint density at radius 1 is 1.53 bits per heavy atom. The Morgan fingerprint density at radius 3 is 2.68 bits per heavy atom. The van der Waals surface area contributed by atoms with Gasteiger partial charge in [-0.3, -0.25) is 4.99 Å². The number of allylic oxidation sites excluding steroid dienone is 1. The number of aliphatic imine (C=N–C) groups is 1. The first-order chi connectivity index (χ1) is 9.04. The van der Waals surface area contributed by atoms with Crippen LogP contribution in [0.2, 0.25) is 0 Å². The van der Waals surface area contributed by atoms with Gasteiger partial charge in [0.2, 0.25) is 0 Å². The highest BCUT2D eigenvalue weighted by atomic mass is 32.1. The second-order valence-electron chi connectivity index (χ2n) is 4.60. The lowest BCUT2D eigenvalue weighted by Crippen LogP contribution is -2.24. The molecule has 1 unspecified atom stereocenters. The van der Waals surface area contributed by atoms with E-state index in [1.807, 2.05) is 6.92 Å². The van der Waals surface area contributed by atoms with Crippen molar-refractivity contribution in [1.29, 1.82) is 0 Å². The van der Waals surface area contributed by atoms with Crippen molar-refractivity contribution in [3.05, 3.63) is 23.3 Å². The topological polar surface area (TPSA) is 33.6 Å². The van der Waals surface area contributed by atoms with Gasteiger partial charge in [0.25, 0.3) is 0 Å². The van der Waals surface area contributed by atoms with E-state index in [4.69, 9.17) is 9.73 Å². The van der Waals surface area contributed by atoms with E-state index < -0.39 is 0 Å². The summed E-state index contributed by atoms with van der Waals surface area (Å²) in [6.45, 7) is 10.9. The van der Waals surface area contributed by atoms with Crippen molar-refractivity contribution >= 4 is 18.5 Å². The zero-order chi connectivity index (χ0) is 14.7. The Kier molecular flexibility index (Phi) is 10.7. The summed E-state index contributed by atoms with van der Waals surface area (Å²) in [4.78, 5) is 4.74. The van der Waals surface area contributed by atoms with Gasteiger partial charge in [-0.15, -0.1) is 12.6 Å². The van der Waals surface area contributed by atoms with Gasteiger partial charge < -0.3 is 10.1 Å². The van der Waals surface area contributed by atoms with Crippen molar-refractivity contribution in [2.75, 3.05) is 13.7 Å². The molecule has 0 aromatic heterocycles. The SMILES string of the molecule is C=C(S)NC(=NC(C)CCC)/C(=C\C)CCCOC.